The number of unbranched alkanes of at least 4 members (excludes halogenated alkanes) is 1. The van der Waals surface area contributed by atoms with Gasteiger partial charge in [-0.15, -0.1) is 0 Å². The van der Waals surface area contributed by atoms with Crippen molar-refractivity contribution in [3.8, 4) is 0 Å². The van der Waals surface area contributed by atoms with Crippen LogP contribution in [-0.4, -0.2) is 49.7 Å². The summed E-state index contributed by atoms with van der Waals surface area (Å²) < 4.78 is 18.7. The lowest BCUT2D eigenvalue weighted by Crippen LogP contribution is -2.30. The Hall–Kier alpha value is -3.90. The Morgan fingerprint density at radius 3 is 1.50 bits per heavy atom. The first-order valence-corrected chi connectivity index (χ1v) is 16.6. The fraction of sp³-hybridized carbons (Fsp3) is 0.366. The molecule has 5 heteroatoms. The molecule has 2 unspecified atom stereocenters. The summed E-state index contributed by atoms with van der Waals surface area (Å²) in [5.74, 6) is 0.0656. The van der Waals surface area contributed by atoms with Crippen LogP contribution in [0.4, 0.5) is 0 Å². The Bertz CT molecular complexity index is 1450. The predicted octanol–water partition coefficient (Wildman–Crippen LogP) is 8.71. The van der Waals surface area contributed by atoms with Crippen molar-refractivity contribution in [2.45, 2.75) is 77.6 Å². The van der Waals surface area contributed by atoms with Crippen molar-refractivity contribution < 1.29 is 23.8 Å². The molecule has 0 saturated heterocycles. The molecule has 0 radical (unpaired) electrons. The number of benzene rings is 4. The molecule has 0 aliphatic rings. The van der Waals surface area contributed by atoms with E-state index in [9.17, 15) is 9.59 Å². The van der Waals surface area contributed by atoms with Crippen LogP contribution < -0.4 is 0 Å². The average molecular weight is 621 g/mol. The molecule has 0 saturated carbocycles. The maximum atomic E-state index is 12.8. The lowest BCUT2D eigenvalue weighted by molar-refractivity contribution is -0.0869. The summed E-state index contributed by atoms with van der Waals surface area (Å²) in [5.41, 5.74) is 5.10. The molecule has 0 aliphatic heterocycles. The minimum Gasteiger partial charge on any atom is -0.379 e. The van der Waals surface area contributed by atoms with Crippen molar-refractivity contribution in [3.05, 3.63) is 143 Å². The zero-order valence-corrected chi connectivity index (χ0v) is 27.5. The van der Waals surface area contributed by atoms with Gasteiger partial charge >= 0.3 is 0 Å². The fourth-order valence-electron chi connectivity index (χ4n) is 5.31. The Kier molecular flexibility index (Phi) is 14.4. The predicted molar refractivity (Wildman–Crippen MR) is 185 cm³/mol. The van der Waals surface area contributed by atoms with Crippen molar-refractivity contribution in [1.82, 2.24) is 0 Å². The quantitative estimate of drug-likeness (QED) is 0.0731. The van der Waals surface area contributed by atoms with Gasteiger partial charge in [0.1, 0.15) is 0 Å². The van der Waals surface area contributed by atoms with E-state index in [0.717, 1.165) is 56.3 Å². The molecule has 0 fully saturated rings. The maximum absolute atomic E-state index is 12.8. The van der Waals surface area contributed by atoms with E-state index in [-0.39, 0.29) is 29.9 Å². The van der Waals surface area contributed by atoms with Crippen LogP contribution >= 0.6 is 0 Å². The second kappa shape index (κ2) is 18.9. The summed E-state index contributed by atoms with van der Waals surface area (Å²) in [7, 11) is 0. The van der Waals surface area contributed by atoms with Gasteiger partial charge in [0.05, 0.1) is 31.5 Å². The van der Waals surface area contributed by atoms with E-state index < -0.39 is 0 Å². The van der Waals surface area contributed by atoms with E-state index in [1.165, 1.54) is 0 Å². The molecule has 4 aromatic rings. The summed E-state index contributed by atoms with van der Waals surface area (Å²) in [6.45, 7) is 8.00. The maximum Gasteiger partial charge on any atom is 0.193 e. The van der Waals surface area contributed by atoms with Crippen LogP contribution in [0.25, 0.3) is 0 Å². The third-order valence-electron chi connectivity index (χ3n) is 7.94. The molecule has 4 aromatic carbocycles. The summed E-state index contributed by atoms with van der Waals surface area (Å²) >= 11 is 0. The molecule has 0 bridgehead atoms. The molecule has 0 heterocycles. The highest BCUT2D eigenvalue weighted by Crippen LogP contribution is 2.17. The second-order valence-corrected chi connectivity index (χ2v) is 12.1. The number of aryl methyl sites for hydroxylation is 2. The van der Waals surface area contributed by atoms with E-state index in [1.807, 2.05) is 109 Å². The number of hydrogen-bond acceptors (Lipinski definition) is 5. The van der Waals surface area contributed by atoms with Crippen LogP contribution in [0.1, 0.15) is 89.4 Å². The van der Waals surface area contributed by atoms with Crippen LogP contribution in [0.3, 0.4) is 0 Å². The third kappa shape index (κ3) is 11.5. The molecule has 0 amide bonds. The fourth-order valence-corrected chi connectivity index (χ4v) is 5.31. The van der Waals surface area contributed by atoms with Crippen molar-refractivity contribution in [2.24, 2.45) is 0 Å². The van der Waals surface area contributed by atoms with Gasteiger partial charge in [-0.1, -0.05) is 123 Å². The minimum absolute atomic E-state index is 0.0328. The first-order valence-electron chi connectivity index (χ1n) is 16.6. The van der Waals surface area contributed by atoms with Crippen LogP contribution in [0.5, 0.6) is 0 Å². The van der Waals surface area contributed by atoms with Gasteiger partial charge in [-0.25, -0.2) is 0 Å². The number of carbonyl (C=O) groups is 2. The molecular formula is C41H48O5. The summed E-state index contributed by atoms with van der Waals surface area (Å²) in [6, 6.07) is 34.5. The van der Waals surface area contributed by atoms with E-state index in [4.69, 9.17) is 14.2 Å². The Balaban J connectivity index is 1.31. The highest BCUT2D eigenvalue weighted by Gasteiger charge is 2.18. The average Bonchev–Trinajstić information content (AvgIpc) is 3.10. The van der Waals surface area contributed by atoms with Crippen LogP contribution in [0.15, 0.2) is 109 Å². The van der Waals surface area contributed by atoms with Crippen molar-refractivity contribution >= 4 is 11.6 Å². The Morgan fingerprint density at radius 2 is 1.04 bits per heavy atom. The molecule has 4 rings (SSSR count). The van der Waals surface area contributed by atoms with E-state index >= 15 is 0 Å². The van der Waals surface area contributed by atoms with E-state index in [2.05, 4.69) is 20.8 Å². The molecule has 242 valence electrons. The van der Waals surface area contributed by atoms with Gasteiger partial charge in [0, 0.05) is 28.9 Å². The van der Waals surface area contributed by atoms with Gasteiger partial charge in [-0.05, 0) is 57.1 Å². The van der Waals surface area contributed by atoms with Gasteiger partial charge in [0.25, 0.3) is 0 Å². The van der Waals surface area contributed by atoms with Gasteiger partial charge in [0.15, 0.2) is 11.6 Å². The zero-order chi connectivity index (χ0) is 32.6. The molecule has 0 aromatic heterocycles. The van der Waals surface area contributed by atoms with Gasteiger partial charge in [-0.2, -0.15) is 0 Å². The largest absolute Gasteiger partial charge is 0.379 e. The van der Waals surface area contributed by atoms with Crippen LogP contribution in [0.2, 0.25) is 0 Å². The highest BCUT2D eigenvalue weighted by molar-refractivity contribution is 6.09. The number of carbonyl (C=O) groups excluding carboxylic acids is 2. The first kappa shape index (κ1) is 35.0. The van der Waals surface area contributed by atoms with Crippen molar-refractivity contribution in [3.63, 3.8) is 0 Å². The third-order valence-corrected chi connectivity index (χ3v) is 7.94. The summed E-state index contributed by atoms with van der Waals surface area (Å²) in [6.07, 6.45) is 5.34. The number of ketones is 2. The lowest BCUT2D eigenvalue weighted by atomic mass is 10.00. The molecular weight excluding hydrogens is 572 g/mol. The Morgan fingerprint density at radius 1 is 0.587 bits per heavy atom. The van der Waals surface area contributed by atoms with Crippen molar-refractivity contribution in [1.29, 1.82) is 0 Å². The summed E-state index contributed by atoms with van der Waals surface area (Å²) in [4.78, 5) is 25.6. The normalized spacial score (nSPS) is 12.6. The topological polar surface area (TPSA) is 61.8 Å². The Labute approximate surface area is 274 Å². The second-order valence-electron chi connectivity index (χ2n) is 12.1. The molecule has 0 aliphatic carbocycles. The molecule has 2 atom stereocenters. The smallest absolute Gasteiger partial charge is 0.193 e. The highest BCUT2D eigenvalue weighted by atomic mass is 16.6. The number of rotatable bonds is 20. The van der Waals surface area contributed by atoms with Gasteiger partial charge < -0.3 is 14.2 Å². The standard InChI is InChI=1S/C41H48O5/c1-4-5-28-44-29-38(26-20-32-16-22-36(23-17-32)40(42)34-12-8-6-9-13-34)45-30-39(46-31(2)3)27-21-33-18-24-37(25-19-33)41(43)35-14-10-7-11-15-35/h6-19,22-25,31,38-39H,4-5,20-21,26-30H2,1-3H3. The van der Waals surface area contributed by atoms with Gasteiger partial charge in [-0.3, -0.25) is 9.59 Å². The minimum atomic E-state index is -0.0657. The SMILES string of the molecule is CCCCOCC(CCc1ccc(C(=O)c2ccccc2)cc1)OCC(CCc1ccc(C(=O)c2ccccc2)cc1)OC(C)C. The van der Waals surface area contributed by atoms with E-state index in [1.54, 1.807) is 0 Å². The molecule has 0 N–H and O–H groups in total. The lowest BCUT2D eigenvalue weighted by Gasteiger charge is -2.24. The molecule has 0 spiro atoms. The van der Waals surface area contributed by atoms with Crippen LogP contribution in [-0.2, 0) is 27.1 Å². The monoisotopic (exact) mass is 620 g/mol. The van der Waals surface area contributed by atoms with Gasteiger partial charge in [0.2, 0.25) is 0 Å². The molecule has 46 heavy (non-hydrogen) atoms. The van der Waals surface area contributed by atoms with E-state index in [0.29, 0.717) is 35.5 Å². The number of hydrogen-bond donors (Lipinski definition) is 0. The summed E-state index contributed by atoms with van der Waals surface area (Å²) in [5, 5.41) is 0. The number of ether oxygens (including phenoxy) is 3. The van der Waals surface area contributed by atoms with Crippen LogP contribution in [0, 0.1) is 0 Å². The molecule has 5 nitrogen and oxygen atoms in total. The van der Waals surface area contributed by atoms with Crippen molar-refractivity contribution in [2.75, 3.05) is 19.8 Å². The first-order chi connectivity index (χ1) is 22.4. The zero-order valence-electron chi connectivity index (χ0n) is 27.5.